The van der Waals surface area contributed by atoms with Crippen LogP contribution < -0.4 is 11.1 Å². The third kappa shape index (κ3) is 3.35. The molecule has 0 amide bonds. The SMILES string of the molecule is CC(NC1(CN)CCN(C)C(C)C1)c1ccccc1. The smallest absolute Gasteiger partial charge is 0.0336 e. The maximum atomic E-state index is 6.09. The molecule has 0 saturated carbocycles. The molecule has 0 aromatic heterocycles. The maximum Gasteiger partial charge on any atom is 0.0336 e. The van der Waals surface area contributed by atoms with Crippen LogP contribution in [0.3, 0.4) is 0 Å². The van der Waals surface area contributed by atoms with Gasteiger partial charge in [-0.25, -0.2) is 0 Å². The van der Waals surface area contributed by atoms with Gasteiger partial charge in [-0.2, -0.15) is 0 Å². The highest BCUT2D eigenvalue weighted by molar-refractivity contribution is 5.19. The summed E-state index contributed by atoms with van der Waals surface area (Å²) < 4.78 is 0. The Morgan fingerprint density at radius 2 is 2.11 bits per heavy atom. The van der Waals surface area contributed by atoms with E-state index in [2.05, 4.69) is 61.4 Å². The number of nitrogens with zero attached hydrogens (tertiary/aromatic N) is 1. The number of hydrogen-bond donors (Lipinski definition) is 2. The summed E-state index contributed by atoms with van der Waals surface area (Å²) in [6, 6.07) is 11.6. The average molecular weight is 261 g/mol. The van der Waals surface area contributed by atoms with Crippen LogP contribution in [0, 0.1) is 0 Å². The van der Waals surface area contributed by atoms with Crippen molar-refractivity contribution in [3.63, 3.8) is 0 Å². The fraction of sp³-hybridized carbons (Fsp3) is 0.625. The van der Waals surface area contributed by atoms with Gasteiger partial charge in [0.05, 0.1) is 0 Å². The zero-order valence-electron chi connectivity index (χ0n) is 12.4. The van der Waals surface area contributed by atoms with Crippen LogP contribution in [0.4, 0.5) is 0 Å². The van der Waals surface area contributed by atoms with E-state index in [1.165, 1.54) is 5.56 Å². The molecule has 0 spiro atoms. The van der Waals surface area contributed by atoms with Gasteiger partial charge < -0.3 is 16.0 Å². The fourth-order valence-corrected chi connectivity index (χ4v) is 3.09. The van der Waals surface area contributed by atoms with Gasteiger partial charge in [0.1, 0.15) is 0 Å². The van der Waals surface area contributed by atoms with Gasteiger partial charge >= 0.3 is 0 Å². The molecule has 1 fully saturated rings. The highest BCUT2D eigenvalue weighted by Crippen LogP contribution is 2.28. The van der Waals surface area contributed by atoms with Crippen molar-refractivity contribution in [1.82, 2.24) is 10.2 Å². The normalized spacial score (nSPS) is 30.2. The summed E-state index contributed by atoms with van der Waals surface area (Å²) in [5, 5.41) is 3.80. The Morgan fingerprint density at radius 3 is 2.68 bits per heavy atom. The van der Waals surface area contributed by atoms with Crippen molar-refractivity contribution in [2.75, 3.05) is 20.1 Å². The highest BCUT2D eigenvalue weighted by Gasteiger charge is 2.36. The maximum absolute atomic E-state index is 6.09. The van der Waals surface area contributed by atoms with Crippen molar-refractivity contribution in [3.05, 3.63) is 35.9 Å². The Labute approximate surface area is 117 Å². The van der Waals surface area contributed by atoms with Crippen molar-refractivity contribution in [3.8, 4) is 0 Å². The lowest BCUT2D eigenvalue weighted by Crippen LogP contribution is -2.59. The van der Waals surface area contributed by atoms with Gasteiger partial charge in [0.2, 0.25) is 0 Å². The molecule has 1 saturated heterocycles. The topological polar surface area (TPSA) is 41.3 Å². The first-order chi connectivity index (χ1) is 9.06. The minimum Gasteiger partial charge on any atom is -0.329 e. The largest absolute Gasteiger partial charge is 0.329 e. The fourth-order valence-electron chi connectivity index (χ4n) is 3.09. The van der Waals surface area contributed by atoms with Crippen molar-refractivity contribution in [1.29, 1.82) is 0 Å². The van der Waals surface area contributed by atoms with Gasteiger partial charge in [0, 0.05) is 24.2 Å². The minimum atomic E-state index is 0.0845. The molecule has 1 aromatic carbocycles. The average Bonchev–Trinajstić information content (AvgIpc) is 2.44. The first-order valence-electron chi connectivity index (χ1n) is 7.29. The summed E-state index contributed by atoms with van der Waals surface area (Å²) in [6.45, 7) is 6.35. The summed E-state index contributed by atoms with van der Waals surface area (Å²) in [5.41, 5.74) is 7.51. The van der Waals surface area contributed by atoms with Crippen LogP contribution in [-0.2, 0) is 0 Å². The molecular formula is C16H27N3. The van der Waals surface area contributed by atoms with Crippen molar-refractivity contribution >= 4 is 0 Å². The molecule has 19 heavy (non-hydrogen) atoms. The highest BCUT2D eigenvalue weighted by atomic mass is 15.2. The number of likely N-dealkylation sites (tertiary alicyclic amines) is 1. The standard InChI is InChI=1S/C16H27N3/c1-13-11-16(12-17,9-10-19(13)3)18-14(2)15-7-5-4-6-8-15/h4-8,13-14,18H,9-12,17H2,1-3H3. The van der Waals surface area contributed by atoms with E-state index in [9.17, 15) is 0 Å². The summed E-state index contributed by atoms with van der Waals surface area (Å²) in [6.07, 6.45) is 2.25. The molecule has 3 heteroatoms. The van der Waals surface area contributed by atoms with E-state index in [1.54, 1.807) is 0 Å². The van der Waals surface area contributed by atoms with E-state index in [1.807, 2.05) is 0 Å². The number of piperidine rings is 1. The second kappa shape index (κ2) is 6.04. The van der Waals surface area contributed by atoms with Gasteiger partial charge in [-0.05, 0) is 45.8 Å². The van der Waals surface area contributed by atoms with Gasteiger partial charge in [-0.1, -0.05) is 30.3 Å². The van der Waals surface area contributed by atoms with Crippen LogP contribution in [-0.4, -0.2) is 36.6 Å². The Morgan fingerprint density at radius 1 is 1.42 bits per heavy atom. The molecule has 0 bridgehead atoms. The number of nitrogens with two attached hydrogens (primary N) is 1. The number of hydrogen-bond acceptors (Lipinski definition) is 3. The first-order valence-corrected chi connectivity index (χ1v) is 7.29. The third-order valence-corrected chi connectivity index (χ3v) is 4.59. The monoisotopic (exact) mass is 261 g/mol. The van der Waals surface area contributed by atoms with Gasteiger partial charge in [-0.3, -0.25) is 0 Å². The van der Waals surface area contributed by atoms with Gasteiger partial charge in [0.15, 0.2) is 0 Å². The molecule has 0 radical (unpaired) electrons. The van der Waals surface area contributed by atoms with Crippen LogP contribution in [0.1, 0.15) is 38.3 Å². The Hall–Kier alpha value is -0.900. The lowest BCUT2D eigenvalue weighted by Gasteiger charge is -2.46. The van der Waals surface area contributed by atoms with Crippen molar-refractivity contribution in [2.24, 2.45) is 5.73 Å². The predicted octanol–water partition coefficient (Wildman–Crippen LogP) is 2.15. The van der Waals surface area contributed by atoms with Crippen LogP contribution in [0.5, 0.6) is 0 Å². The Balaban J connectivity index is 2.07. The van der Waals surface area contributed by atoms with E-state index in [-0.39, 0.29) is 5.54 Å². The van der Waals surface area contributed by atoms with Gasteiger partial charge in [0.25, 0.3) is 0 Å². The van der Waals surface area contributed by atoms with E-state index in [4.69, 9.17) is 5.73 Å². The molecular weight excluding hydrogens is 234 g/mol. The quantitative estimate of drug-likeness (QED) is 0.872. The summed E-state index contributed by atoms with van der Waals surface area (Å²) in [7, 11) is 2.20. The zero-order chi connectivity index (χ0) is 13.9. The molecule has 1 aliphatic rings. The second-order valence-electron chi connectivity index (χ2n) is 6.04. The molecule has 1 aromatic rings. The molecule has 2 rings (SSSR count). The summed E-state index contributed by atoms with van der Waals surface area (Å²) >= 11 is 0. The molecule has 3 atom stereocenters. The number of benzene rings is 1. The van der Waals surface area contributed by atoms with Crippen molar-refractivity contribution < 1.29 is 0 Å². The molecule has 1 heterocycles. The molecule has 0 aliphatic carbocycles. The first kappa shape index (κ1) is 14.5. The third-order valence-electron chi connectivity index (χ3n) is 4.59. The van der Waals surface area contributed by atoms with Crippen LogP contribution in [0.15, 0.2) is 30.3 Å². The Bertz CT molecular complexity index is 392. The Kier molecular flexibility index (Phi) is 4.61. The van der Waals surface area contributed by atoms with Crippen molar-refractivity contribution in [2.45, 2.75) is 44.3 Å². The summed E-state index contributed by atoms with van der Waals surface area (Å²) in [5.74, 6) is 0. The molecule has 3 unspecified atom stereocenters. The number of rotatable bonds is 4. The summed E-state index contributed by atoms with van der Waals surface area (Å²) in [4.78, 5) is 2.42. The van der Waals surface area contributed by atoms with E-state index in [0.29, 0.717) is 18.6 Å². The van der Waals surface area contributed by atoms with E-state index >= 15 is 0 Å². The van der Waals surface area contributed by atoms with E-state index in [0.717, 1.165) is 19.4 Å². The molecule has 3 nitrogen and oxygen atoms in total. The van der Waals surface area contributed by atoms with Crippen LogP contribution in [0.25, 0.3) is 0 Å². The molecule has 3 N–H and O–H groups in total. The van der Waals surface area contributed by atoms with Crippen LogP contribution >= 0.6 is 0 Å². The number of nitrogens with one attached hydrogen (secondary N) is 1. The molecule has 1 aliphatic heterocycles. The van der Waals surface area contributed by atoms with Crippen LogP contribution in [0.2, 0.25) is 0 Å². The van der Waals surface area contributed by atoms with E-state index < -0.39 is 0 Å². The zero-order valence-corrected chi connectivity index (χ0v) is 12.4. The lowest BCUT2D eigenvalue weighted by molar-refractivity contribution is 0.104. The minimum absolute atomic E-state index is 0.0845. The van der Waals surface area contributed by atoms with Gasteiger partial charge in [-0.15, -0.1) is 0 Å². The lowest BCUT2D eigenvalue weighted by atomic mass is 9.82. The predicted molar refractivity (Wildman–Crippen MR) is 81.1 cm³/mol. The molecule has 106 valence electrons. The second-order valence-corrected chi connectivity index (χ2v) is 6.04.